The van der Waals surface area contributed by atoms with Gasteiger partial charge >= 0.3 is 0 Å². The van der Waals surface area contributed by atoms with Gasteiger partial charge in [-0.15, -0.1) is 0 Å². The van der Waals surface area contributed by atoms with E-state index in [0.29, 0.717) is 17.2 Å². The highest BCUT2D eigenvalue weighted by Crippen LogP contribution is 2.38. The van der Waals surface area contributed by atoms with E-state index in [0.717, 1.165) is 18.5 Å². The Morgan fingerprint density at radius 1 is 1.06 bits per heavy atom. The number of aliphatic imine (C=N–C) groups is 1. The van der Waals surface area contributed by atoms with Crippen molar-refractivity contribution in [2.24, 2.45) is 4.99 Å². The highest BCUT2D eigenvalue weighted by atomic mass is 16.5. The predicted octanol–water partition coefficient (Wildman–Crippen LogP) is 2.54. The van der Waals surface area contributed by atoms with Gasteiger partial charge in [0.2, 0.25) is 5.75 Å². The van der Waals surface area contributed by atoms with Crippen molar-refractivity contribution in [3.63, 3.8) is 0 Å². The fourth-order valence-electron chi connectivity index (χ4n) is 1.52. The maximum atomic E-state index is 5.34. The first-order chi connectivity index (χ1) is 8.28. The molecule has 0 unspecified atom stereocenters. The van der Waals surface area contributed by atoms with E-state index in [1.165, 1.54) is 0 Å². The zero-order valence-electron chi connectivity index (χ0n) is 10.8. The SMILES string of the molecule is CCCN=Cc1ccc(OC)c(OC)c1OC. The summed E-state index contributed by atoms with van der Waals surface area (Å²) >= 11 is 0. The summed E-state index contributed by atoms with van der Waals surface area (Å²) in [6, 6.07) is 3.74. The van der Waals surface area contributed by atoms with Crippen LogP contribution in [-0.2, 0) is 0 Å². The molecule has 0 amide bonds. The molecule has 0 aliphatic rings. The van der Waals surface area contributed by atoms with Crippen LogP contribution in [0.25, 0.3) is 0 Å². The van der Waals surface area contributed by atoms with Gasteiger partial charge < -0.3 is 14.2 Å². The summed E-state index contributed by atoms with van der Waals surface area (Å²) in [5, 5.41) is 0. The van der Waals surface area contributed by atoms with Gasteiger partial charge in [0.1, 0.15) is 0 Å². The summed E-state index contributed by atoms with van der Waals surface area (Å²) in [4.78, 5) is 4.30. The Bertz CT molecular complexity index is 388. The van der Waals surface area contributed by atoms with Crippen LogP contribution in [0.2, 0.25) is 0 Å². The lowest BCUT2D eigenvalue weighted by molar-refractivity contribution is 0.324. The molecule has 0 fully saturated rings. The van der Waals surface area contributed by atoms with Gasteiger partial charge in [0.15, 0.2) is 11.5 Å². The van der Waals surface area contributed by atoms with Crippen molar-refractivity contribution in [2.75, 3.05) is 27.9 Å². The van der Waals surface area contributed by atoms with E-state index in [4.69, 9.17) is 14.2 Å². The van der Waals surface area contributed by atoms with Crippen LogP contribution in [0.4, 0.5) is 0 Å². The molecule has 17 heavy (non-hydrogen) atoms. The number of nitrogens with zero attached hydrogens (tertiary/aromatic N) is 1. The molecule has 1 aromatic rings. The highest BCUT2D eigenvalue weighted by molar-refractivity contribution is 5.86. The summed E-state index contributed by atoms with van der Waals surface area (Å²) in [5.41, 5.74) is 0.888. The van der Waals surface area contributed by atoms with Crippen molar-refractivity contribution < 1.29 is 14.2 Å². The lowest BCUT2D eigenvalue weighted by atomic mass is 10.2. The van der Waals surface area contributed by atoms with Gasteiger partial charge in [-0.1, -0.05) is 6.92 Å². The van der Waals surface area contributed by atoms with Gasteiger partial charge in [-0.25, -0.2) is 0 Å². The van der Waals surface area contributed by atoms with Crippen LogP contribution in [0, 0.1) is 0 Å². The first-order valence-electron chi connectivity index (χ1n) is 5.57. The lowest BCUT2D eigenvalue weighted by Gasteiger charge is -2.13. The third-order valence-electron chi connectivity index (χ3n) is 2.32. The van der Waals surface area contributed by atoms with E-state index in [1.54, 1.807) is 27.5 Å². The number of hydrogen-bond acceptors (Lipinski definition) is 4. The first-order valence-corrected chi connectivity index (χ1v) is 5.57. The van der Waals surface area contributed by atoms with Crippen molar-refractivity contribution in [1.29, 1.82) is 0 Å². The fraction of sp³-hybridized carbons (Fsp3) is 0.462. The second-order valence-electron chi connectivity index (χ2n) is 3.46. The molecule has 0 atom stereocenters. The van der Waals surface area contributed by atoms with E-state index < -0.39 is 0 Å². The van der Waals surface area contributed by atoms with Gasteiger partial charge in [-0.3, -0.25) is 4.99 Å². The number of hydrogen-bond donors (Lipinski definition) is 0. The number of ether oxygens (including phenoxy) is 3. The highest BCUT2D eigenvalue weighted by Gasteiger charge is 2.14. The standard InChI is InChI=1S/C13H19NO3/c1-5-8-14-9-10-6-7-11(15-2)13(17-4)12(10)16-3/h6-7,9H,5,8H2,1-4H3. The third-order valence-corrected chi connectivity index (χ3v) is 2.32. The second-order valence-corrected chi connectivity index (χ2v) is 3.46. The summed E-state index contributed by atoms with van der Waals surface area (Å²) in [6.45, 7) is 2.89. The summed E-state index contributed by atoms with van der Waals surface area (Å²) in [7, 11) is 4.80. The Labute approximate surface area is 102 Å². The molecule has 0 heterocycles. The minimum atomic E-state index is 0.593. The minimum absolute atomic E-state index is 0.593. The molecule has 0 bridgehead atoms. The quantitative estimate of drug-likeness (QED) is 0.714. The van der Waals surface area contributed by atoms with E-state index in [-0.39, 0.29) is 0 Å². The van der Waals surface area contributed by atoms with E-state index >= 15 is 0 Å². The molecule has 0 aromatic heterocycles. The van der Waals surface area contributed by atoms with E-state index in [2.05, 4.69) is 11.9 Å². The zero-order valence-corrected chi connectivity index (χ0v) is 10.8. The second kappa shape index (κ2) is 6.78. The molecular weight excluding hydrogens is 218 g/mol. The normalized spacial score (nSPS) is 10.6. The van der Waals surface area contributed by atoms with Crippen LogP contribution in [-0.4, -0.2) is 34.1 Å². The van der Waals surface area contributed by atoms with Crippen LogP contribution in [0.3, 0.4) is 0 Å². The number of methoxy groups -OCH3 is 3. The maximum absolute atomic E-state index is 5.34. The molecule has 0 spiro atoms. The smallest absolute Gasteiger partial charge is 0.203 e. The lowest BCUT2D eigenvalue weighted by Crippen LogP contribution is -1.98. The fourth-order valence-corrected chi connectivity index (χ4v) is 1.52. The Morgan fingerprint density at radius 3 is 2.29 bits per heavy atom. The van der Waals surface area contributed by atoms with Crippen molar-refractivity contribution in [3.05, 3.63) is 17.7 Å². The summed E-state index contributed by atoms with van der Waals surface area (Å²) in [5.74, 6) is 1.89. The summed E-state index contributed by atoms with van der Waals surface area (Å²) in [6.07, 6.45) is 2.82. The monoisotopic (exact) mass is 237 g/mol. The van der Waals surface area contributed by atoms with Crippen LogP contribution in [0.5, 0.6) is 17.2 Å². The van der Waals surface area contributed by atoms with Crippen LogP contribution >= 0.6 is 0 Å². The van der Waals surface area contributed by atoms with Crippen LogP contribution in [0.15, 0.2) is 17.1 Å². The average molecular weight is 237 g/mol. The molecule has 0 aliphatic carbocycles. The maximum Gasteiger partial charge on any atom is 0.203 e. The molecule has 0 radical (unpaired) electrons. The van der Waals surface area contributed by atoms with Gasteiger partial charge in [0, 0.05) is 18.3 Å². The number of rotatable bonds is 6. The third kappa shape index (κ3) is 3.12. The minimum Gasteiger partial charge on any atom is -0.493 e. The molecule has 0 aliphatic heterocycles. The topological polar surface area (TPSA) is 40.0 Å². The van der Waals surface area contributed by atoms with Gasteiger partial charge in [-0.05, 0) is 18.6 Å². The molecule has 1 rings (SSSR count). The molecule has 4 nitrogen and oxygen atoms in total. The predicted molar refractivity (Wildman–Crippen MR) is 68.9 cm³/mol. The first kappa shape index (κ1) is 13.4. The number of benzene rings is 1. The molecular formula is C13H19NO3. The Morgan fingerprint density at radius 2 is 1.76 bits per heavy atom. The van der Waals surface area contributed by atoms with Crippen LogP contribution in [0.1, 0.15) is 18.9 Å². The average Bonchev–Trinajstić information content (AvgIpc) is 2.38. The molecule has 1 aromatic carbocycles. The Hall–Kier alpha value is -1.71. The van der Waals surface area contributed by atoms with Gasteiger partial charge in [0.05, 0.1) is 21.3 Å². The van der Waals surface area contributed by atoms with Gasteiger partial charge in [0.25, 0.3) is 0 Å². The van der Waals surface area contributed by atoms with E-state index in [9.17, 15) is 0 Å². The summed E-state index contributed by atoms with van der Waals surface area (Å²) < 4.78 is 15.8. The molecule has 0 saturated carbocycles. The van der Waals surface area contributed by atoms with Gasteiger partial charge in [-0.2, -0.15) is 0 Å². The van der Waals surface area contributed by atoms with E-state index in [1.807, 2.05) is 12.1 Å². The zero-order chi connectivity index (χ0) is 12.7. The van der Waals surface area contributed by atoms with Crippen molar-refractivity contribution in [2.45, 2.75) is 13.3 Å². The van der Waals surface area contributed by atoms with Crippen molar-refractivity contribution in [1.82, 2.24) is 0 Å². The molecule has 0 N–H and O–H groups in total. The largest absolute Gasteiger partial charge is 0.493 e. The molecule has 94 valence electrons. The molecule has 4 heteroatoms. The van der Waals surface area contributed by atoms with Crippen molar-refractivity contribution >= 4 is 6.21 Å². The Kier molecular flexibility index (Phi) is 5.33. The molecule has 0 saturated heterocycles. The van der Waals surface area contributed by atoms with Crippen molar-refractivity contribution in [3.8, 4) is 17.2 Å². The Balaban J connectivity index is 3.14. The van der Waals surface area contributed by atoms with Crippen LogP contribution < -0.4 is 14.2 Å².